The number of hydrogen-bond donors (Lipinski definition) is 1. The molecule has 136 valence electrons. The van der Waals surface area contributed by atoms with Gasteiger partial charge in [0.15, 0.2) is 0 Å². The number of nitrogens with one attached hydrogen (secondary N) is 1. The SMILES string of the molecule is O=C(NCc1c(F)cccc1Cl)[C@@H]1C[C@H](c2ccccc2)N2CCC[C@@H]12. The first kappa shape index (κ1) is 17.5. The molecule has 2 aliphatic rings. The zero-order valence-electron chi connectivity index (χ0n) is 14.5. The molecule has 0 unspecified atom stereocenters. The van der Waals surface area contributed by atoms with E-state index in [1.54, 1.807) is 12.1 Å². The molecule has 2 fully saturated rings. The lowest BCUT2D eigenvalue weighted by molar-refractivity contribution is -0.125. The van der Waals surface area contributed by atoms with Crippen LogP contribution < -0.4 is 5.32 Å². The molecule has 2 saturated heterocycles. The third-order valence-electron chi connectivity index (χ3n) is 5.71. The number of halogens is 2. The predicted molar refractivity (Wildman–Crippen MR) is 100 cm³/mol. The first-order valence-electron chi connectivity index (χ1n) is 9.16. The molecule has 0 spiro atoms. The molecule has 3 atom stereocenters. The maximum atomic E-state index is 13.9. The molecule has 1 amide bonds. The minimum atomic E-state index is -0.381. The van der Waals surface area contributed by atoms with E-state index in [1.807, 2.05) is 18.2 Å². The zero-order chi connectivity index (χ0) is 18.1. The Labute approximate surface area is 158 Å². The van der Waals surface area contributed by atoms with Crippen LogP contribution in [0, 0.1) is 11.7 Å². The van der Waals surface area contributed by atoms with Crippen molar-refractivity contribution in [2.45, 2.75) is 37.9 Å². The summed E-state index contributed by atoms with van der Waals surface area (Å²) in [6.45, 7) is 1.16. The standard InChI is InChI=1S/C21H22ClFN2O/c22-17-8-4-9-18(23)16(17)13-24-21(26)15-12-20(14-6-2-1-3-7-14)25-11-5-10-19(15)25/h1-4,6-9,15,19-20H,5,10-13H2,(H,24,26)/t15-,19+,20-/m1/s1. The molecule has 0 radical (unpaired) electrons. The largest absolute Gasteiger partial charge is 0.352 e. The lowest BCUT2D eigenvalue weighted by atomic mass is 9.93. The lowest BCUT2D eigenvalue weighted by Crippen LogP contribution is -2.37. The van der Waals surface area contributed by atoms with Gasteiger partial charge in [-0.1, -0.05) is 48.0 Å². The first-order valence-corrected chi connectivity index (χ1v) is 9.54. The van der Waals surface area contributed by atoms with Gasteiger partial charge in [-0.2, -0.15) is 0 Å². The van der Waals surface area contributed by atoms with Crippen LogP contribution in [0.5, 0.6) is 0 Å². The van der Waals surface area contributed by atoms with Gasteiger partial charge >= 0.3 is 0 Å². The van der Waals surface area contributed by atoms with Gasteiger partial charge in [-0.25, -0.2) is 4.39 Å². The Bertz CT molecular complexity index is 778. The molecular weight excluding hydrogens is 351 g/mol. The van der Waals surface area contributed by atoms with Gasteiger partial charge in [0.25, 0.3) is 0 Å². The minimum Gasteiger partial charge on any atom is -0.352 e. The van der Waals surface area contributed by atoms with E-state index in [9.17, 15) is 9.18 Å². The van der Waals surface area contributed by atoms with Gasteiger partial charge in [-0.3, -0.25) is 9.69 Å². The Hall–Kier alpha value is -1.91. The molecule has 0 aromatic heterocycles. The van der Waals surface area contributed by atoms with Gasteiger partial charge in [-0.05, 0) is 43.5 Å². The van der Waals surface area contributed by atoms with E-state index in [0.29, 0.717) is 10.6 Å². The van der Waals surface area contributed by atoms with Crippen molar-refractivity contribution in [3.05, 3.63) is 70.5 Å². The van der Waals surface area contributed by atoms with Crippen LogP contribution in [0.4, 0.5) is 4.39 Å². The van der Waals surface area contributed by atoms with Crippen molar-refractivity contribution in [3.8, 4) is 0 Å². The third-order valence-corrected chi connectivity index (χ3v) is 6.06. The van der Waals surface area contributed by atoms with E-state index < -0.39 is 0 Å². The highest BCUT2D eigenvalue weighted by molar-refractivity contribution is 6.31. The van der Waals surface area contributed by atoms with Crippen LogP contribution in [0.15, 0.2) is 48.5 Å². The summed E-state index contributed by atoms with van der Waals surface area (Å²) < 4.78 is 13.9. The van der Waals surface area contributed by atoms with E-state index >= 15 is 0 Å². The number of amides is 1. The molecule has 0 bridgehead atoms. The second-order valence-electron chi connectivity index (χ2n) is 7.13. The van der Waals surface area contributed by atoms with Crippen molar-refractivity contribution in [1.82, 2.24) is 10.2 Å². The molecule has 2 heterocycles. The Morgan fingerprint density at radius 1 is 1.19 bits per heavy atom. The monoisotopic (exact) mass is 372 g/mol. The van der Waals surface area contributed by atoms with Gasteiger partial charge in [0.2, 0.25) is 5.91 Å². The Kier molecular flexibility index (Phi) is 4.96. The molecule has 3 nitrogen and oxygen atoms in total. The van der Waals surface area contributed by atoms with Crippen molar-refractivity contribution >= 4 is 17.5 Å². The topological polar surface area (TPSA) is 32.3 Å². The number of nitrogens with zero attached hydrogens (tertiary/aromatic N) is 1. The normalized spacial score (nSPS) is 25.2. The second kappa shape index (κ2) is 7.37. The van der Waals surface area contributed by atoms with Gasteiger partial charge in [0, 0.05) is 29.2 Å². The van der Waals surface area contributed by atoms with Crippen molar-refractivity contribution in [2.24, 2.45) is 5.92 Å². The molecule has 2 aromatic rings. The minimum absolute atomic E-state index is 0.000323. The van der Waals surface area contributed by atoms with E-state index in [4.69, 9.17) is 11.6 Å². The second-order valence-corrected chi connectivity index (χ2v) is 7.54. The van der Waals surface area contributed by atoms with Crippen LogP contribution in [0.25, 0.3) is 0 Å². The number of carbonyl (C=O) groups excluding carboxylic acids is 1. The highest BCUT2D eigenvalue weighted by Crippen LogP contribution is 2.44. The fourth-order valence-electron chi connectivity index (χ4n) is 4.46. The summed E-state index contributed by atoms with van der Waals surface area (Å²) in [4.78, 5) is 15.3. The summed E-state index contributed by atoms with van der Waals surface area (Å²) >= 11 is 6.07. The van der Waals surface area contributed by atoms with Crippen LogP contribution in [0.1, 0.15) is 36.4 Å². The van der Waals surface area contributed by atoms with E-state index in [0.717, 1.165) is 25.8 Å². The highest BCUT2D eigenvalue weighted by Gasteiger charge is 2.46. The molecule has 0 aliphatic carbocycles. The van der Waals surface area contributed by atoms with Crippen LogP contribution >= 0.6 is 11.6 Å². The number of fused-ring (bicyclic) bond motifs is 1. The van der Waals surface area contributed by atoms with E-state index in [1.165, 1.54) is 11.6 Å². The fraction of sp³-hybridized carbons (Fsp3) is 0.381. The summed E-state index contributed by atoms with van der Waals surface area (Å²) in [5.74, 6) is -0.443. The summed E-state index contributed by atoms with van der Waals surface area (Å²) in [5.41, 5.74) is 1.62. The number of rotatable bonds is 4. The predicted octanol–water partition coefficient (Wildman–Crippen LogP) is 4.32. The molecule has 1 N–H and O–H groups in total. The number of hydrogen-bond acceptors (Lipinski definition) is 2. The Morgan fingerprint density at radius 2 is 2.00 bits per heavy atom. The van der Waals surface area contributed by atoms with Crippen molar-refractivity contribution in [2.75, 3.05) is 6.54 Å². The maximum absolute atomic E-state index is 13.9. The number of benzene rings is 2. The van der Waals surface area contributed by atoms with Crippen molar-refractivity contribution in [3.63, 3.8) is 0 Å². The van der Waals surface area contributed by atoms with Crippen molar-refractivity contribution < 1.29 is 9.18 Å². The highest BCUT2D eigenvalue weighted by atomic mass is 35.5. The third kappa shape index (κ3) is 3.24. The molecule has 2 aliphatic heterocycles. The van der Waals surface area contributed by atoms with Crippen LogP contribution in [-0.4, -0.2) is 23.4 Å². The van der Waals surface area contributed by atoms with Gasteiger partial charge in [-0.15, -0.1) is 0 Å². The van der Waals surface area contributed by atoms with Crippen LogP contribution in [-0.2, 0) is 11.3 Å². The number of carbonyl (C=O) groups is 1. The average molecular weight is 373 g/mol. The quantitative estimate of drug-likeness (QED) is 0.866. The zero-order valence-corrected chi connectivity index (χ0v) is 15.3. The van der Waals surface area contributed by atoms with Crippen molar-refractivity contribution in [1.29, 1.82) is 0 Å². The maximum Gasteiger partial charge on any atom is 0.225 e. The average Bonchev–Trinajstić information content (AvgIpc) is 3.24. The molecule has 4 rings (SSSR count). The van der Waals surface area contributed by atoms with Gasteiger partial charge in [0.05, 0.1) is 5.92 Å². The van der Waals surface area contributed by atoms with Crippen LogP contribution in [0.2, 0.25) is 5.02 Å². The molecular formula is C21H22ClFN2O. The van der Waals surface area contributed by atoms with Gasteiger partial charge in [0.1, 0.15) is 5.82 Å². The summed E-state index contributed by atoms with van der Waals surface area (Å²) in [7, 11) is 0. The fourth-order valence-corrected chi connectivity index (χ4v) is 4.69. The lowest BCUT2D eigenvalue weighted by Gasteiger charge is -2.24. The molecule has 26 heavy (non-hydrogen) atoms. The summed E-state index contributed by atoms with van der Waals surface area (Å²) in [6, 6.07) is 15.5. The van der Waals surface area contributed by atoms with Crippen LogP contribution in [0.3, 0.4) is 0 Å². The van der Waals surface area contributed by atoms with E-state index in [2.05, 4.69) is 22.3 Å². The Balaban J connectivity index is 1.48. The summed E-state index contributed by atoms with van der Waals surface area (Å²) in [6.07, 6.45) is 2.98. The summed E-state index contributed by atoms with van der Waals surface area (Å²) in [5, 5.41) is 3.27. The smallest absolute Gasteiger partial charge is 0.225 e. The van der Waals surface area contributed by atoms with Gasteiger partial charge < -0.3 is 5.32 Å². The molecule has 2 aromatic carbocycles. The molecule has 0 saturated carbocycles. The first-order chi connectivity index (χ1) is 12.6. The Morgan fingerprint density at radius 3 is 2.77 bits per heavy atom. The van der Waals surface area contributed by atoms with E-state index in [-0.39, 0.29) is 36.3 Å². The molecule has 5 heteroatoms.